The number of nitrogens with one attached hydrogen (secondary N) is 2. The van der Waals surface area contributed by atoms with Crippen molar-refractivity contribution in [3.05, 3.63) is 59.4 Å². The number of piperazine rings is 1. The zero-order valence-corrected chi connectivity index (χ0v) is 22.7. The first-order valence-electron chi connectivity index (χ1n) is 12.3. The third kappa shape index (κ3) is 6.11. The van der Waals surface area contributed by atoms with Crippen molar-refractivity contribution in [3.63, 3.8) is 0 Å². The normalized spacial score (nSPS) is 15.9. The van der Waals surface area contributed by atoms with Crippen LogP contribution in [0, 0.1) is 5.92 Å². The van der Waals surface area contributed by atoms with E-state index in [2.05, 4.69) is 19.9 Å². The van der Waals surface area contributed by atoms with Gasteiger partial charge in [0.2, 0.25) is 15.9 Å². The first-order valence-corrected chi connectivity index (χ1v) is 14.6. The summed E-state index contributed by atoms with van der Waals surface area (Å²) >= 11 is 6.10. The van der Waals surface area contributed by atoms with Gasteiger partial charge in [0.05, 0.1) is 40.8 Å². The summed E-state index contributed by atoms with van der Waals surface area (Å²) in [7, 11) is -1.65. The molecule has 1 saturated heterocycles. The number of anilines is 3. The quantitative estimate of drug-likeness (QED) is 0.460. The number of nitrogens with zero attached hydrogens (tertiary/aromatic N) is 4. The molecular weight excluding hydrogens is 528 g/mol. The Labute approximate surface area is 226 Å². The molecule has 0 spiro atoms. The number of benzene rings is 1. The van der Waals surface area contributed by atoms with E-state index in [9.17, 15) is 18.0 Å². The maximum Gasteiger partial charge on any atom is 0.257 e. The first kappa shape index (κ1) is 26.1. The van der Waals surface area contributed by atoms with E-state index in [1.807, 2.05) is 34.8 Å². The molecule has 1 aliphatic carbocycles. The van der Waals surface area contributed by atoms with Gasteiger partial charge in [0.15, 0.2) is 0 Å². The van der Waals surface area contributed by atoms with E-state index < -0.39 is 10.0 Å². The molecule has 2 amide bonds. The Bertz CT molecular complexity index is 1480. The number of aryl methyl sites for hydroxylation is 1. The molecule has 2 N–H and O–H groups in total. The Morgan fingerprint density at radius 3 is 2.37 bits per heavy atom. The molecule has 1 saturated carbocycles. The van der Waals surface area contributed by atoms with E-state index >= 15 is 0 Å². The van der Waals surface area contributed by atoms with Crippen LogP contribution in [-0.2, 0) is 21.9 Å². The monoisotopic (exact) mass is 556 g/mol. The predicted octanol–water partition coefficient (Wildman–Crippen LogP) is 3.42. The fraction of sp³-hybridized carbons (Fsp3) is 0.346. The van der Waals surface area contributed by atoms with Crippen LogP contribution in [0.1, 0.15) is 23.2 Å². The standard InChI is InChI=1S/C26H29ClN6O4S/c1-31-16-18(25(34)29-20-12-19(27)13-21(14-20)30-38(2,36)37)11-24(31)23-6-5-22(15-28-23)32-7-9-33(10-8-32)26(35)17-3-4-17/h5-6,11-17,30H,3-4,7-10H2,1-2H3,(H,29,34). The number of rotatable bonds is 7. The summed E-state index contributed by atoms with van der Waals surface area (Å²) in [6, 6.07) is 10.2. The Kier molecular flexibility index (Phi) is 7.06. The number of aromatic nitrogens is 2. The van der Waals surface area contributed by atoms with E-state index in [0.29, 0.717) is 17.2 Å². The maximum atomic E-state index is 12.9. The molecule has 3 aromatic rings. The zero-order chi connectivity index (χ0) is 27.0. The lowest BCUT2D eigenvalue weighted by atomic mass is 10.2. The minimum atomic E-state index is -3.49. The van der Waals surface area contributed by atoms with E-state index in [-0.39, 0.29) is 22.5 Å². The summed E-state index contributed by atoms with van der Waals surface area (Å²) in [6.07, 6.45) is 6.62. The number of carbonyl (C=O) groups is 2. The highest BCUT2D eigenvalue weighted by Crippen LogP contribution is 2.32. The predicted molar refractivity (Wildman–Crippen MR) is 148 cm³/mol. The topological polar surface area (TPSA) is 117 Å². The molecule has 0 bridgehead atoms. The Morgan fingerprint density at radius 1 is 1.03 bits per heavy atom. The molecule has 5 rings (SSSR count). The van der Waals surface area contributed by atoms with Crippen LogP contribution in [-0.4, -0.2) is 67.1 Å². The molecular formula is C26H29ClN6O4S. The second kappa shape index (κ2) is 10.3. The third-order valence-electron chi connectivity index (χ3n) is 6.62. The van der Waals surface area contributed by atoms with Gasteiger partial charge in [-0.1, -0.05) is 11.6 Å². The fourth-order valence-electron chi connectivity index (χ4n) is 4.58. The van der Waals surface area contributed by atoms with Crippen LogP contribution in [0.5, 0.6) is 0 Å². The molecule has 2 aromatic heterocycles. The SMILES string of the molecule is Cn1cc(C(=O)Nc2cc(Cl)cc(NS(C)(=O)=O)c2)cc1-c1ccc(N2CCN(C(=O)C3CC3)CC2)cn1. The molecule has 1 aliphatic heterocycles. The molecule has 2 aliphatic rings. The number of sulfonamides is 1. The van der Waals surface area contributed by atoms with Gasteiger partial charge in [-0.05, 0) is 49.2 Å². The molecule has 2 fully saturated rings. The first-order chi connectivity index (χ1) is 18.1. The third-order valence-corrected chi connectivity index (χ3v) is 7.44. The van der Waals surface area contributed by atoms with Crippen LogP contribution in [0.4, 0.5) is 17.1 Å². The molecule has 3 heterocycles. The van der Waals surface area contributed by atoms with Gasteiger partial charge < -0.3 is 19.7 Å². The highest BCUT2D eigenvalue weighted by atomic mass is 35.5. The van der Waals surface area contributed by atoms with Crippen LogP contribution >= 0.6 is 11.6 Å². The summed E-state index contributed by atoms with van der Waals surface area (Å²) in [5, 5.41) is 3.05. The molecule has 0 unspecified atom stereocenters. The van der Waals surface area contributed by atoms with Gasteiger partial charge in [0.1, 0.15) is 0 Å². The smallest absolute Gasteiger partial charge is 0.257 e. The minimum Gasteiger partial charge on any atom is -0.367 e. The van der Waals surface area contributed by atoms with Crippen molar-refractivity contribution in [2.45, 2.75) is 12.8 Å². The zero-order valence-electron chi connectivity index (χ0n) is 21.1. The Balaban J connectivity index is 1.25. The van der Waals surface area contributed by atoms with Crippen molar-refractivity contribution in [1.82, 2.24) is 14.5 Å². The van der Waals surface area contributed by atoms with Crippen LogP contribution in [0.15, 0.2) is 48.8 Å². The molecule has 38 heavy (non-hydrogen) atoms. The number of hydrogen-bond acceptors (Lipinski definition) is 6. The largest absolute Gasteiger partial charge is 0.367 e. The van der Waals surface area contributed by atoms with Gasteiger partial charge >= 0.3 is 0 Å². The highest BCUT2D eigenvalue weighted by Gasteiger charge is 2.34. The van der Waals surface area contributed by atoms with Crippen LogP contribution < -0.4 is 14.9 Å². The van der Waals surface area contributed by atoms with Crippen molar-refractivity contribution in [3.8, 4) is 11.4 Å². The second-order valence-corrected chi connectivity index (χ2v) is 12.0. The maximum absolute atomic E-state index is 12.9. The molecule has 200 valence electrons. The summed E-state index contributed by atoms with van der Waals surface area (Å²) in [5.74, 6) is 0.178. The number of hydrogen-bond donors (Lipinski definition) is 2. The minimum absolute atomic E-state index is 0.250. The van der Waals surface area contributed by atoms with Gasteiger partial charge in [0, 0.05) is 56.1 Å². The molecule has 0 atom stereocenters. The van der Waals surface area contributed by atoms with Crippen molar-refractivity contribution in [2.75, 3.05) is 47.4 Å². The van der Waals surface area contributed by atoms with Crippen molar-refractivity contribution < 1.29 is 18.0 Å². The van der Waals surface area contributed by atoms with Crippen LogP contribution in [0.25, 0.3) is 11.4 Å². The van der Waals surface area contributed by atoms with Gasteiger partial charge in [-0.2, -0.15) is 0 Å². The lowest BCUT2D eigenvalue weighted by Crippen LogP contribution is -2.49. The second-order valence-electron chi connectivity index (χ2n) is 9.77. The molecule has 10 nitrogen and oxygen atoms in total. The van der Waals surface area contributed by atoms with E-state index in [1.165, 1.54) is 12.1 Å². The summed E-state index contributed by atoms with van der Waals surface area (Å²) in [5.41, 5.74) is 3.53. The molecule has 0 radical (unpaired) electrons. The Hall–Kier alpha value is -3.57. The van der Waals surface area contributed by atoms with Gasteiger partial charge in [-0.15, -0.1) is 0 Å². The number of pyridine rings is 1. The van der Waals surface area contributed by atoms with Crippen molar-refractivity contribution in [1.29, 1.82) is 0 Å². The summed E-state index contributed by atoms with van der Waals surface area (Å²) in [4.78, 5) is 34.1. The average Bonchev–Trinajstić information content (AvgIpc) is 3.63. The average molecular weight is 557 g/mol. The van der Waals surface area contributed by atoms with E-state index in [0.717, 1.165) is 62.4 Å². The lowest BCUT2D eigenvalue weighted by molar-refractivity contribution is -0.132. The number of amides is 2. The van der Waals surface area contributed by atoms with Crippen LogP contribution in [0.2, 0.25) is 5.02 Å². The molecule has 1 aromatic carbocycles. The van der Waals surface area contributed by atoms with E-state index in [1.54, 1.807) is 18.3 Å². The van der Waals surface area contributed by atoms with Gasteiger partial charge in [-0.25, -0.2) is 8.42 Å². The van der Waals surface area contributed by atoms with Crippen molar-refractivity contribution in [2.24, 2.45) is 13.0 Å². The van der Waals surface area contributed by atoms with Crippen molar-refractivity contribution >= 4 is 50.5 Å². The fourth-order valence-corrected chi connectivity index (χ4v) is 5.36. The van der Waals surface area contributed by atoms with E-state index in [4.69, 9.17) is 11.6 Å². The number of halogens is 1. The highest BCUT2D eigenvalue weighted by molar-refractivity contribution is 7.92. The van der Waals surface area contributed by atoms with Crippen LogP contribution in [0.3, 0.4) is 0 Å². The Morgan fingerprint density at radius 2 is 1.74 bits per heavy atom. The summed E-state index contributed by atoms with van der Waals surface area (Å²) < 4.78 is 27.3. The number of carbonyl (C=O) groups excluding carboxylic acids is 2. The lowest BCUT2D eigenvalue weighted by Gasteiger charge is -2.36. The van der Waals surface area contributed by atoms with Gasteiger partial charge in [-0.3, -0.25) is 19.3 Å². The summed E-state index contributed by atoms with van der Waals surface area (Å²) in [6.45, 7) is 3.01. The van der Waals surface area contributed by atoms with Gasteiger partial charge in [0.25, 0.3) is 5.91 Å². The molecule has 12 heteroatoms.